The summed E-state index contributed by atoms with van der Waals surface area (Å²) in [7, 11) is -3.16. The lowest BCUT2D eigenvalue weighted by molar-refractivity contribution is 0.0918. The molecule has 2 fully saturated rings. The topological polar surface area (TPSA) is 89.9 Å². The standard InChI is InChI=1S/C23H29N3O5S/c1-15-11-18(16(2)26(15)17-5-6-21-22(12-17)31-10-9-30-21)23(27)24-19-13-32(28,29)14-20(19)25-7-3-4-8-25/h5-6,11-12,19-20H,3-4,7-10,13-14H2,1-2H3,(H,24,27). The van der Waals surface area contributed by atoms with Gasteiger partial charge in [0.25, 0.3) is 5.91 Å². The average Bonchev–Trinajstić information content (AvgIpc) is 3.46. The summed E-state index contributed by atoms with van der Waals surface area (Å²) in [6.07, 6.45) is 2.15. The van der Waals surface area contributed by atoms with Crippen molar-refractivity contribution < 1.29 is 22.7 Å². The molecule has 2 atom stereocenters. The van der Waals surface area contributed by atoms with Gasteiger partial charge in [-0.3, -0.25) is 9.69 Å². The van der Waals surface area contributed by atoms with Crippen molar-refractivity contribution in [3.63, 3.8) is 0 Å². The third-order valence-corrected chi connectivity index (χ3v) is 8.42. The summed E-state index contributed by atoms with van der Waals surface area (Å²) < 4.78 is 38.0. The Labute approximate surface area is 188 Å². The highest BCUT2D eigenvalue weighted by Gasteiger charge is 2.42. The van der Waals surface area contributed by atoms with E-state index < -0.39 is 9.84 Å². The number of hydrogen-bond donors (Lipinski definition) is 1. The first-order valence-electron chi connectivity index (χ1n) is 11.2. The fourth-order valence-corrected chi connectivity index (χ4v) is 7.16. The van der Waals surface area contributed by atoms with E-state index in [1.807, 2.05) is 42.7 Å². The van der Waals surface area contributed by atoms with Crippen LogP contribution in [0, 0.1) is 13.8 Å². The first-order chi connectivity index (χ1) is 15.3. The number of likely N-dealkylation sites (tertiary alicyclic amines) is 1. The molecule has 5 rings (SSSR count). The van der Waals surface area contributed by atoms with Gasteiger partial charge in [0.2, 0.25) is 0 Å². The molecule has 1 aromatic heterocycles. The molecule has 2 saturated heterocycles. The van der Waals surface area contributed by atoms with Gasteiger partial charge in [0.15, 0.2) is 21.3 Å². The van der Waals surface area contributed by atoms with Crippen LogP contribution in [-0.2, 0) is 9.84 Å². The average molecular weight is 460 g/mol. The number of amides is 1. The fraction of sp³-hybridized carbons (Fsp3) is 0.522. The normalized spacial score (nSPS) is 24.6. The molecule has 2 unspecified atom stereocenters. The molecule has 9 heteroatoms. The molecule has 0 saturated carbocycles. The number of hydrogen-bond acceptors (Lipinski definition) is 6. The van der Waals surface area contributed by atoms with Crippen LogP contribution < -0.4 is 14.8 Å². The maximum atomic E-state index is 13.2. The van der Waals surface area contributed by atoms with Crippen molar-refractivity contribution in [1.82, 2.24) is 14.8 Å². The first-order valence-corrected chi connectivity index (χ1v) is 13.0. The van der Waals surface area contributed by atoms with Crippen molar-refractivity contribution >= 4 is 15.7 Å². The highest BCUT2D eigenvalue weighted by atomic mass is 32.2. The zero-order valence-corrected chi connectivity index (χ0v) is 19.3. The Balaban J connectivity index is 1.40. The molecule has 1 amide bonds. The maximum absolute atomic E-state index is 13.2. The second-order valence-electron chi connectivity index (χ2n) is 8.92. The number of nitrogens with zero attached hydrogens (tertiary/aromatic N) is 2. The fourth-order valence-electron chi connectivity index (χ4n) is 5.21. The van der Waals surface area contributed by atoms with Crippen LogP contribution in [0.25, 0.3) is 5.69 Å². The van der Waals surface area contributed by atoms with Gasteiger partial charge in [-0.1, -0.05) is 0 Å². The zero-order chi connectivity index (χ0) is 22.5. The summed E-state index contributed by atoms with van der Waals surface area (Å²) in [6.45, 7) is 6.69. The minimum absolute atomic E-state index is 0.000800. The minimum Gasteiger partial charge on any atom is -0.486 e. The van der Waals surface area contributed by atoms with Crippen LogP contribution in [-0.4, -0.2) is 73.7 Å². The molecule has 4 heterocycles. The number of nitrogens with one attached hydrogen (secondary N) is 1. The van der Waals surface area contributed by atoms with Crippen LogP contribution in [0.15, 0.2) is 24.3 Å². The third kappa shape index (κ3) is 3.88. The molecule has 0 spiro atoms. The molecule has 1 aromatic carbocycles. The van der Waals surface area contributed by atoms with Gasteiger partial charge in [-0.2, -0.15) is 0 Å². The maximum Gasteiger partial charge on any atom is 0.253 e. The smallest absolute Gasteiger partial charge is 0.253 e. The molecule has 3 aliphatic rings. The van der Waals surface area contributed by atoms with Gasteiger partial charge in [-0.05, 0) is 58.0 Å². The molecule has 0 bridgehead atoms. The summed E-state index contributed by atoms with van der Waals surface area (Å²) in [6, 6.07) is 7.07. The summed E-state index contributed by atoms with van der Waals surface area (Å²) in [5.41, 5.74) is 3.17. The van der Waals surface area contributed by atoms with E-state index in [1.54, 1.807) is 0 Å². The molecule has 0 aliphatic carbocycles. The predicted molar refractivity (Wildman–Crippen MR) is 121 cm³/mol. The van der Waals surface area contributed by atoms with E-state index >= 15 is 0 Å². The van der Waals surface area contributed by atoms with Crippen LogP contribution in [0.1, 0.15) is 34.6 Å². The van der Waals surface area contributed by atoms with Gasteiger partial charge in [0.1, 0.15) is 13.2 Å². The van der Waals surface area contributed by atoms with Gasteiger partial charge in [0, 0.05) is 29.2 Å². The largest absolute Gasteiger partial charge is 0.486 e. The molecule has 172 valence electrons. The van der Waals surface area contributed by atoms with Gasteiger partial charge in [-0.15, -0.1) is 0 Å². The second-order valence-corrected chi connectivity index (χ2v) is 11.1. The lowest BCUT2D eigenvalue weighted by atomic mass is 10.1. The van der Waals surface area contributed by atoms with Gasteiger partial charge in [-0.25, -0.2) is 8.42 Å². The lowest BCUT2D eigenvalue weighted by Gasteiger charge is -2.28. The van der Waals surface area contributed by atoms with E-state index in [4.69, 9.17) is 9.47 Å². The summed E-state index contributed by atoms with van der Waals surface area (Å²) in [5, 5.41) is 3.04. The molecule has 32 heavy (non-hydrogen) atoms. The third-order valence-electron chi connectivity index (χ3n) is 6.71. The Morgan fingerprint density at radius 1 is 1.03 bits per heavy atom. The van der Waals surface area contributed by atoms with Crippen molar-refractivity contribution in [1.29, 1.82) is 0 Å². The van der Waals surface area contributed by atoms with Gasteiger partial charge >= 0.3 is 0 Å². The van der Waals surface area contributed by atoms with E-state index in [9.17, 15) is 13.2 Å². The minimum atomic E-state index is -3.16. The SMILES string of the molecule is Cc1cc(C(=O)NC2CS(=O)(=O)CC2N2CCCC2)c(C)n1-c1ccc2c(c1)OCCO2. The van der Waals surface area contributed by atoms with Crippen molar-refractivity contribution in [2.45, 2.75) is 38.8 Å². The number of fused-ring (bicyclic) bond motifs is 1. The quantitative estimate of drug-likeness (QED) is 0.751. The van der Waals surface area contributed by atoms with Crippen LogP contribution in [0.2, 0.25) is 0 Å². The van der Waals surface area contributed by atoms with Crippen molar-refractivity contribution in [2.75, 3.05) is 37.8 Å². The van der Waals surface area contributed by atoms with Gasteiger partial charge < -0.3 is 19.4 Å². The predicted octanol–water partition coefficient (Wildman–Crippen LogP) is 1.86. The van der Waals surface area contributed by atoms with Crippen LogP contribution in [0.3, 0.4) is 0 Å². The number of carbonyl (C=O) groups is 1. The second kappa shape index (κ2) is 8.12. The number of aromatic nitrogens is 1. The summed E-state index contributed by atoms with van der Waals surface area (Å²) in [5.74, 6) is 1.30. The van der Waals surface area contributed by atoms with E-state index in [0.29, 0.717) is 24.5 Å². The van der Waals surface area contributed by atoms with Crippen LogP contribution >= 0.6 is 0 Å². The van der Waals surface area contributed by atoms with E-state index in [0.717, 1.165) is 48.8 Å². The number of rotatable bonds is 4. The number of benzene rings is 1. The molecular weight excluding hydrogens is 430 g/mol. The zero-order valence-electron chi connectivity index (χ0n) is 18.5. The van der Waals surface area contributed by atoms with E-state index in [-0.39, 0.29) is 29.5 Å². The van der Waals surface area contributed by atoms with Crippen molar-refractivity contribution in [2.24, 2.45) is 0 Å². The lowest BCUT2D eigenvalue weighted by Crippen LogP contribution is -2.50. The molecule has 2 aromatic rings. The van der Waals surface area contributed by atoms with Crippen LogP contribution in [0.5, 0.6) is 11.5 Å². The molecule has 8 nitrogen and oxygen atoms in total. The Morgan fingerprint density at radius 3 is 2.50 bits per heavy atom. The highest BCUT2D eigenvalue weighted by molar-refractivity contribution is 7.91. The Kier molecular flexibility index (Phi) is 5.41. The Hall–Kier alpha value is -2.52. The monoisotopic (exact) mass is 459 g/mol. The number of sulfone groups is 1. The van der Waals surface area contributed by atoms with Crippen molar-refractivity contribution in [3.8, 4) is 17.2 Å². The Morgan fingerprint density at radius 2 is 1.75 bits per heavy atom. The highest BCUT2D eigenvalue weighted by Crippen LogP contribution is 2.33. The summed E-state index contributed by atoms with van der Waals surface area (Å²) in [4.78, 5) is 15.5. The number of ether oxygens (including phenoxy) is 2. The Bertz CT molecular complexity index is 1150. The molecule has 3 aliphatic heterocycles. The summed E-state index contributed by atoms with van der Waals surface area (Å²) >= 11 is 0. The number of aryl methyl sites for hydroxylation is 1. The number of carbonyl (C=O) groups excluding carboxylic acids is 1. The van der Waals surface area contributed by atoms with E-state index in [2.05, 4.69) is 10.2 Å². The van der Waals surface area contributed by atoms with Crippen LogP contribution in [0.4, 0.5) is 0 Å². The first kappa shape index (κ1) is 21.3. The van der Waals surface area contributed by atoms with E-state index in [1.165, 1.54) is 0 Å². The van der Waals surface area contributed by atoms with Crippen molar-refractivity contribution in [3.05, 3.63) is 41.2 Å². The molecular formula is C23H29N3O5S. The molecule has 1 N–H and O–H groups in total. The van der Waals surface area contributed by atoms with Gasteiger partial charge in [0.05, 0.1) is 23.1 Å². The molecule has 0 radical (unpaired) electrons.